The summed E-state index contributed by atoms with van der Waals surface area (Å²) in [6, 6.07) is 14.9. The van der Waals surface area contributed by atoms with Crippen molar-refractivity contribution in [2.75, 3.05) is 13.2 Å². The van der Waals surface area contributed by atoms with Crippen molar-refractivity contribution >= 4 is 28.7 Å². The molecule has 0 aliphatic heterocycles. The number of hydrogen-bond acceptors (Lipinski definition) is 4. The minimum Gasteiger partial charge on any atom is -0.493 e. The number of para-hydroxylation sites is 2. The molecule has 1 aromatic heterocycles. The molecule has 5 heteroatoms. The Labute approximate surface area is 157 Å². The van der Waals surface area contributed by atoms with Crippen molar-refractivity contribution in [2.45, 2.75) is 13.8 Å². The third-order valence-electron chi connectivity index (χ3n) is 4.14. The molecule has 0 radical (unpaired) electrons. The third-order valence-corrected chi connectivity index (χ3v) is 4.14. The summed E-state index contributed by atoms with van der Waals surface area (Å²) in [5, 5.41) is 0.831. The second-order valence-electron chi connectivity index (χ2n) is 6.01. The van der Waals surface area contributed by atoms with Gasteiger partial charge in [0.05, 0.1) is 6.61 Å². The number of H-pyrrole nitrogens is 1. The van der Waals surface area contributed by atoms with E-state index in [-0.39, 0.29) is 12.4 Å². The molecule has 2 aromatic carbocycles. The molecule has 0 saturated heterocycles. The lowest BCUT2D eigenvalue weighted by Crippen LogP contribution is -2.13. The topological polar surface area (TPSA) is 68.4 Å². The van der Waals surface area contributed by atoms with E-state index in [4.69, 9.17) is 9.47 Å². The molecule has 5 nitrogen and oxygen atoms in total. The van der Waals surface area contributed by atoms with Crippen LogP contribution in [0.3, 0.4) is 0 Å². The number of ether oxygens (including phenoxy) is 2. The summed E-state index contributed by atoms with van der Waals surface area (Å²) in [4.78, 5) is 27.7. The molecule has 1 heterocycles. The number of Topliss-reactive ketones (excluding diaryl/α,β-unsaturated/α-hetero) is 1. The van der Waals surface area contributed by atoms with Crippen LogP contribution in [0.5, 0.6) is 5.75 Å². The van der Waals surface area contributed by atoms with Gasteiger partial charge < -0.3 is 14.5 Å². The molecule has 0 fully saturated rings. The van der Waals surface area contributed by atoms with E-state index >= 15 is 0 Å². The van der Waals surface area contributed by atoms with E-state index in [0.29, 0.717) is 17.9 Å². The summed E-state index contributed by atoms with van der Waals surface area (Å²) in [6.07, 6.45) is 2.92. The Hall–Kier alpha value is -3.34. The number of rotatable bonds is 7. The first-order valence-electron chi connectivity index (χ1n) is 8.77. The van der Waals surface area contributed by atoms with Gasteiger partial charge >= 0.3 is 5.97 Å². The molecule has 138 valence electrons. The fourth-order valence-corrected chi connectivity index (χ4v) is 2.96. The highest BCUT2D eigenvalue weighted by atomic mass is 16.5. The van der Waals surface area contributed by atoms with Crippen LogP contribution in [0.25, 0.3) is 17.0 Å². The fourth-order valence-electron chi connectivity index (χ4n) is 2.96. The molecule has 1 N–H and O–H groups in total. The van der Waals surface area contributed by atoms with Crippen LogP contribution in [-0.4, -0.2) is 30.0 Å². The van der Waals surface area contributed by atoms with Gasteiger partial charge in [-0.2, -0.15) is 0 Å². The first-order valence-corrected chi connectivity index (χ1v) is 8.77. The summed E-state index contributed by atoms with van der Waals surface area (Å²) >= 11 is 0. The van der Waals surface area contributed by atoms with Crippen molar-refractivity contribution in [1.82, 2.24) is 4.98 Å². The monoisotopic (exact) mass is 363 g/mol. The van der Waals surface area contributed by atoms with E-state index in [1.165, 1.54) is 6.08 Å². The van der Waals surface area contributed by atoms with Crippen LogP contribution >= 0.6 is 0 Å². The molecule has 0 spiro atoms. The molecule has 0 aliphatic rings. The maximum atomic E-state index is 12.5. The Morgan fingerprint density at radius 1 is 1.07 bits per heavy atom. The van der Waals surface area contributed by atoms with Gasteiger partial charge in [-0.25, -0.2) is 4.79 Å². The standard InChI is InChI=1S/C22H21NO4/c1-3-26-20-11-7-4-8-16(20)12-13-21(25)27-14-19(24)22-15(2)23-18-10-6-5-9-17(18)22/h4-13,23H,3,14H2,1-2H3/b13-12+. The van der Waals surface area contributed by atoms with E-state index in [0.717, 1.165) is 22.2 Å². The molecule has 0 amide bonds. The Kier molecular flexibility index (Phi) is 5.71. The van der Waals surface area contributed by atoms with Gasteiger partial charge in [0.25, 0.3) is 0 Å². The van der Waals surface area contributed by atoms with Crippen LogP contribution < -0.4 is 4.74 Å². The quantitative estimate of drug-likeness (QED) is 0.386. The fraction of sp³-hybridized carbons (Fsp3) is 0.182. The Balaban J connectivity index is 1.65. The molecule has 0 bridgehead atoms. The number of fused-ring (bicyclic) bond motifs is 1. The van der Waals surface area contributed by atoms with Crippen LogP contribution in [0.2, 0.25) is 0 Å². The van der Waals surface area contributed by atoms with E-state index in [1.54, 1.807) is 6.08 Å². The number of aryl methyl sites for hydroxylation is 1. The van der Waals surface area contributed by atoms with Gasteiger partial charge in [0, 0.05) is 33.8 Å². The molecule has 0 unspecified atom stereocenters. The van der Waals surface area contributed by atoms with E-state index in [2.05, 4.69) is 4.98 Å². The number of carbonyl (C=O) groups excluding carboxylic acids is 2. The third kappa shape index (κ3) is 4.26. The lowest BCUT2D eigenvalue weighted by molar-refractivity contribution is -0.136. The number of benzene rings is 2. The normalized spacial score (nSPS) is 11.0. The minimum absolute atomic E-state index is 0.235. The minimum atomic E-state index is -0.577. The predicted molar refractivity (Wildman–Crippen MR) is 105 cm³/mol. The second kappa shape index (κ2) is 8.36. The molecule has 0 atom stereocenters. The number of hydrogen-bond donors (Lipinski definition) is 1. The number of esters is 1. The van der Waals surface area contributed by atoms with Crippen LogP contribution in [0, 0.1) is 6.92 Å². The summed E-state index contributed by atoms with van der Waals surface area (Å²) in [5.41, 5.74) is 2.98. The molecule has 0 aliphatic carbocycles. The lowest BCUT2D eigenvalue weighted by Gasteiger charge is -2.06. The SMILES string of the molecule is CCOc1ccccc1/C=C/C(=O)OCC(=O)c1c(C)[nH]c2ccccc12. The lowest BCUT2D eigenvalue weighted by atomic mass is 10.1. The molecule has 3 rings (SSSR count). The van der Waals surface area contributed by atoms with Gasteiger partial charge in [-0.3, -0.25) is 4.79 Å². The number of aromatic nitrogens is 1. The van der Waals surface area contributed by atoms with Gasteiger partial charge in [0.2, 0.25) is 5.78 Å². The zero-order valence-corrected chi connectivity index (χ0v) is 15.3. The largest absolute Gasteiger partial charge is 0.493 e. The summed E-state index contributed by atoms with van der Waals surface area (Å²) < 4.78 is 10.6. The number of carbonyl (C=O) groups is 2. The smallest absolute Gasteiger partial charge is 0.331 e. The zero-order chi connectivity index (χ0) is 19.2. The first kappa shape index (κ1) is 18.5. The van der Waals surface area contributed by atoms with Gasteiger partial charge in [0.15, 0.2) is 6.61 Å². The van der Waals surface area contributed by atoms with Gasteiger partial charge in [-0.1, -0.05) is 36.4 Å². The Morgan fingerprint density at radius 2 is 1.81 bits per heavy atom. The summed E-state index contributed by atoms with van der Waals surface area (Å²) in [7, 11) is 0. The predicted octanol–water partition coefficient (Wildman–Crippen LogP) is 4.31. The zero-order valence-electron chi connectivity index (χ0n) is 15.3. The maximum absolute atomic E-state index is 12.5. The average Bonchev–Trinajstić information content (AvgIpc) is 3.01. The van der Waals surface area contributed by atoms with E-state index < -0.39 is 5.97 Å². The van der Waals surface area contributed by atoms with Crippen molar-refractivity contribution < 1.29 is 19.1 Å². The maximum Gasteiger partial charge on any atom is 0.331 e. The second-order valence-corrected chi connectivity index (χ2v) is 6.01. The summed E-state index contributed by atoms with van der Waals surface area (Å²) in [5.74, 6) is -0.122. The van der Waals surface area contributed by atoms with Crippen molar-refractivity contribution in [3.8, 4) is 5.75 Å². The van der Waals surface area contributed by atoms with Crippen LogP contribution in [-0.2, 0) is 9.53 Å². The van der Waals surface area contributed by atoms with Crippen molar-refractivity contribution in [1.29, 1.82) is 0 Å². The first-order chi connectivity index (χ1) is 13.1. The van der Waals surface area contributed by atoms with Crippen molar-refractivity contribution in [3.05, 3.63) is 71.4 Å². The number of aromatic amines is 1. The molecule has 0 saturated carbocycles. The molecular weight excluding hydrogens is 342 g/mol. The molecule has 27 heavy (non-hydrogen) atoms. The van der Waals surface area contributed by atoms with Crippen LogP contribution in [0.15, 0.2) is 54.6 Å². The Bertz CT molecular complexity index is 1000. The average molecular weight is 363 g/mol. The van der Waals surface area contributed by atoms with Gasteiger partial charge in [0.1, 0.15) is 5.75 Å². The number of ketones is 1. The van der Waals surface area contributed by atoms with Gasteiger partial charge in [-0.15, -0.1) is 0 Å². The highest BCUT2D eigenvalue weighted by Crippen LogP contribution is 2.22. The van der Waals surface area contributed by atoms with Crippen molar-refractivity contribution in [3.63, 3.8) is 0 Å². The van der Waals surface area contributed by atoms with Crippen molar-refractivity contribution in [2.24, 2.45) is 0 Å². The highest BCUT2D eigenvalue weighted by molar-refractivity contribution is 6.10. The van der Waals surface area contributed by atoms with Crippen LogP contribution in [0.1, 0.15) is 28.5 Å². The highest BCUT2D eigenvalue weighted by Gasteiger charge is 2.16. The number of nitrogens with one attached hydrogen (secondary N) is 1. The van der Waals surface area contributed by atoms with Gasteiger partial charge in [-0.05, 0) is 32.1 Å². The summed E-state index contributed by atoms with van der Waals surface area (Å²) in [6.45, 7) is 3.96. The molecular formula is C22H21NO4. The van der Waals surface area contributed by atoms with E-state index in [1.807, 2.05) is 62.4 Å². The van der Waals surface area contributed by atoms with Crippen LogP contribution in [0.4, 0.5) is 0 Å². The van der Waals surface area contributed by atoms with E-state index in [9.17, 15) is 9.59 Å². The Morgan fingerprint density at radius 3 is 2.63 bits per heavy atom. The molecule has 3 aromatic rings.